The number of carboxylic acids is 1. The zero-order valence-electron chi connectivity index (χ0n) is 18.9. The lowest BCUT2D eigenvalue weighted by Gasteiger charge is -2.26. The maximum atomic E-state index is 13.2. The maximum Gasteiger partial charge on any atom is 0.323 e. The molecule has 1 fully saturated rings. The van der Waals surface area contributed by atoms with Crippen LogP contribution in [-0.2, 0) is 16.1 Å². The summed E-state index contributed by atoms with van der Waals surface area (Å²) in [6, 6.07) is 17.5. The van der Waals surface area contributed by atoms with E-state index < -0.39 is 12.1 Å². The summed E-state index contributed by atoms with van der Waals surface area (Å²) >= 11 is 0. The standard InChI is InChI=1S/C26H34N2O4/c1-18(2)20-8-12-22(13-9-20)27-23-14-10-21(11-15-24(23)29)26(32)28(17-25(30)31)16-19-6-4-3-5-7-19/h3-9,12-13,18,21,23-24,27,29H,10-11,14-17H2,1-2H3,(H,30,31)/t21-,23+,24+/m1/s1. The fourth-order valence-electron chi connectivity index (χ4n) is 4.32. The number of nitrogens with one attached hydrogen (secondary N) is 1. The minimum absolute atomic E-state index is 0.139. The summed E-state index contributed by atoms with van der Waals surface area (Å²) in [4.78, 5) is 26.0. The molecule has 0 aromatic heterocycles. The van der Waals surface area contributed by atoms with Crippen molar-refractivity contribution in [3.8, 4) is 0 Å². The molecule has 0 spiro atoms. The van der Waals surface area contributed by atoms with Gasteiger partial charge < -0.3 is 20.4 Å². The molecule has 2 aromatic rings. The Balaban J connectivity index is 1.64. The second-order valence-electron chi connectivity index (χ2n) is 9.02. The number of rotatable bonds is 8. The minimum atomic E-state index is -1.02. The third-order valence-corrected chi connectivity index (χ3v) is 6.23. The van der Waals surface area contributed by atoms with Crippen molar-refractivity contribution >= 4 is 17.6 Å². The first-order valence-electron chi connectivity index (χ1n) is 11.4. The molecule has 3 atom stereocenters. The predicted molar refractivity (Wildman–Crippen MR) is 125 cm³/mol. The van der Waals surface area contributed by atoms with Crippen LogP contribution in [0.2, 0.25) is 0 Å². The summed E-state index contributed by atoms with van der Waals surface area (Å²) in [6.07, 6.45) is 1.76. The number of hydrogen-bond donors (Lipinski definition) is 3. The molecule has 1 aliphatic carbocycles. The monoisotopic (exact) mass is 438 g/mol. The van der Waals surface area contributed by atoms with Gasteiger partial charge in [-0.3, -0.25) is 9.59 Å². The van der Waals surface area contributed by atoms with Crippen LogP contribution in [0.15, 0.2) is 54.6 Å². The van der Waals surface area contributed by atoms with Gasteiger partial charge in [-0.15, -0.1) is 0 Å². The highest BCUT2D eigenvalue weighted by Gasteiger charge is 2.32. The molecule has 1 saturated carbocycles. The fourth-order valence-corrected chi connectivity index (χ4v) is 4.32. The van der Waals surface area contributed by atoms with Gasteiger partial charge >= 0.3 is 5.97 Å². The van der Waals surface area contributed by atoms with Gasteiger partial charge in [0.2, 0.25) is 5.91 Å². The highest BCUT2D eigenvalue weighted by Crippen LogP contribution is 2.28. The van der Waals surface area contributed by atoms with E-state index in [0.29, 0.717) is 31.6 Å². The van der Waals surface area contributed by atoms with Gasteiger partial charge in [0.15, 0.2) is 0 Å². The molecule has 2 aromatic carbocycles. The first-order chi connectivity index (χ1) is 15.3. The average Bonchev–Trinajstić information content (AvgIpc) is 2.95. The molecular weight excluding hydrogens is 404 g/mol. The summed E-state index contributed by atoms with van der Waals surface area (Å²) in [5.74, 6) is -0.996. The van der Waals surface area contributed by atoms with Gasteiger partial charge in [0, 0.05) is 18.2 Å². The summed E-state index contributed by atoms with van der Waals surface area (Å²) < 4.78 is 0. The lowest BCUT2D eigenvalue weighted by Crippen LogP contribution is -2.39. The fraction of sp³-hybridized carbons (Fsp3) is 0.462. The van der Waals surface area contributed by atoms with E-state index in [9.17, 15) is 19.8 Å². The molecule has 1 amide bonds. The largest absolute Gasteiger partial charge is 0.480 e. The number of aliphatic carboxylic acids is 1. The Morgan fingerprint density at radius 2 is 1.66 bits per heavy atom. The second-order valence-corrected chi connectivity index (χ2v) is 9.02. The number of anilines is 1. The van der Waals surface area contributed by atoms with E-state index in [0.717, 1.165) is 11.3 Å². The molecule has 1 aliphatic rings. The van der Waals surface area contributed by atoms with E-state index in [1.807, 2.05) is 42.5 Å². The van der Waals surface area contributed by atoms with Crippen LogP contribution in [0.5, 0.6) is 0 Å². The van der Waals surface area contributed by atoms with Crippen molar-refractivity contribution in [1.82, 2.24) is 4.90 Å². The SMILES string of the molecule is CC(C)c1ccc(N[C@H]2CC[C@@H](C(=O)N(CC(=O)O)Cc3ccccc3)CC[C@@H]2O)cc1. The highest BCUT2D eigenvalue weighted by atomic mass is 16.4. The van der Waals surface area contributed by atoms with Crippen LogP contribution >= 0.6 is 0 Å². The molecule has 0 radical (unpaired) electrons. The van der Waals surface area contributed by atoms with Crippen LogP contribution in [0.1, 0.15) is 56.6 Å². The van der Waals surface area contributed by atoms with Crippen molar-refractivity contribution in [2.75, 3.05) is 11.9 Å². The van der Waals surface area contributed by atoms with Crippen molar-refractivity contribution in [2.45, 2.75) is 64.1 Å². The summed E-state index contributed by atoms with van der Waals surface area (Å²) in [5.41, 5.74) is 3.12. The molecule has 0 heterocycles. The van der Waals surface area contributed by atoms with Gasteiger partial charge in [0.25, 0.3) is 0 Å². The number of benzene rings is 2. The van der Waals surface area contributed by atoms with Crippen LogP contribution in [0.3, 0.4) is 0 Å². The number of aliphatic hydroxyl groups excluding tert-OH is 1. The highest BCUT2D eigenvalue weighted by molar-refractivity contribution is 5.83. The van der Waals surface area contributed by atoms with Crippen molar-refractivity contribution in [3.63, 3.8) is 0 Å². The van der Waals surface area contributed by atoms with E-state index >= 15 is 0 Å². The molecule has 32 heavy (non-hydrogen) atoms. The number of hydrogen-bond acceptors (Lipinski definition) is 4. The summed E-state index contributed by atoms with van der Waals surface area (Å²) in [7, 11) is 0. The van der Waals surface area contributed by atoms with Crippen molar-refractivity contribution in [3.05, 3.63) is 65.7 Å². The van der Waals surface area contributed by atoms with Crippen molar-refractivity contribution in [2.24, 2.45) is 5.92 Å². The molecule has 0 saturated heterocycles. The lowest BCUT2D eigenvalue weighted by molar-refractivity contribution is -0.147. The summed E-state index contributed by atoms with van der Waals surface area (Å²) in [6.45, 7) is 4.26. The Kier molecular flexibility index (Phi) is 8.28. The normalized spacial score (nSPS) is 21.1. The number of nitrogens with zero attached hydrogens (tertiary/aromatic N) is 1. The van der Waals surface area contributed by atoms with E-state index in [1.165, 1.54) is 10.5 Å². The van der Waals surface area contributed by atoms with Crippen LogP contribution in [0.4, 0.5) is 5.69 Å². The first-order valence-corrected chi connectivity index (χ1v) is 11.4. The zero-order valence-corrected chi connectivity index (χ0v) is 18.9. The van der Waals surface area contributed by atoms with Gasteiger partial charge in [-0.25, -0.2) is 0 Å². The molecule has 6 nitrogen and oxygen atoms in total. The van der Waals surface area contributed by atoms with E-state index in [1.54, 1.807) is 0 Å². The first kappa shape index (κ1) is 23.8. The Morgan fingerprint density at radius 3 is 2.28 bits per heavy atom. The maximum absolute atomic E-state index is 13.2. The Hall–Kier alpha value is -2.86. The second kappa shape index (κ2) is 11.1. The van der Waals surface area contributed by atoms with Gasteiger partial charge in [-0.1, -0.05) is 56.3 Å². The summed E-state index contributed by atoms with van der Waals surface area (Å²) in [5, 5.41) is 23.4. The van der Waals surface area contributed by atoms with Crippen LogP contribution < -0.4 is 5.32 Å². The van der Waals surface area contributed by atoms with Crippen molar-refractivity contribution < 1.29 is 19.8 Å². The molecule has 0 aliphatic heterocycles. The Bertz CT molecular complexity index is 882. The smallest absolute Gasteiger partial charge is 0.323 e. The molecule has 6 heteroatoms. The molecule has 3 rings (SSSR count). The molecule has 0 bridgehead atoms. The third kappa shape index (κ3) is 6.57. The van der Waals surface area contributed by atoms with Crippen LogP contribution in [0.25, 0.3) is 0 Å². The van der Waals surface area contributed by atoms with Crippen molar-refractivity contribution in [1.29, 1.82) is 0 Å². The topological polar surface area (TPSA) is 89.9 Å². The van der Waals surface area contributed by atoms with E-state index in [4.69, 9.17) is 0 Å². The molecule has 3 N–H and O–H groups in total. The number of aliphatic hydroxyl groups is 1. The Labute approximate surface area is 190 Å². The van der Waals surface area contributed by atoms with Gasteiger partial charge in [-0.05, 0) is 54.9 Å². The van der Waals surface area contributed by atoms with E-state index in [2.05, 4.69) is 31.3 Å². The Morgan fingerprint density at radius 1 is 1.00 bits per heavy atom. The van der Waals surface area contributed by atoms with Gasteiger partial charge in [-0.2, -0.15) is 0 Å². The van der Waals surface area contributed by atoms with Crippen LogP contribution in [0, 0.1) is 5.92 Å². The van der Waals surface area contributed by atoms with Gasteiger partial charge in [0.05, 0.1) is 12.1 Å². The van der Waals surface area contributed by atoms with Crippen LogP contribution in [-0.4, -0.2) is 45.7 Å². The number of carboxylic acid groups (broad SMARTS) is 1. The minimum Gasteiger partial charge on any atom is -0.480 e. The third-order valence-electron chi connectivity index (χ3n) is 6.23. The zero-order chi connectivity index (χ0) is 23.1. The molecule has 172 valence electrons. The van der Waals surface area contributed by atoms with E-state index in [-0.39, 0.29) is 31.0 Å². The molecule has 0 unspecified atom stereocenters. The lowest BCUT2D eigenvalue weighted by atomic mass is 9.98. The quantitative estimate of drug-likeness (QED) is 0.536. The average molecular weight is 439 g/mol. The number of amides is 1. The predicted octanol–water partition coefficient (Wildman–Crippen LogP) is 4.26. The van der Waals surface area contributed by atoms with Gasteiger partial charge in [0.1, 0.15) is 6.54 Å². The number of carbonyl (C=O) groups excluding carboxylic acids is 1. The molecular formula is C26H34N2O4. The number of carbonyl (C=O) groups is 2.